The molecule has 1 saturated carbocycles. The van der Waals surface area contributed by atoms with Gasteiger partial charge in [-0.3, -0.25) is 9.59 Å². The summed E-state index contributed by atoms with van der Waals surface area (Å²) in [5, 5.41) is 39.3. The van der Waals surface area contributed by atoms with Crippen LogP contribution in [-0.4, -0.2) is 50.7 Å². The van der Waals surface area contributed by atoms with Gasteiger partial charge in [0.2, 0.25) is 0 Å². The molecule has 0 aliphatic heterocycles. The van der Waals surface area contributed by atoms with Gasteiger partial charge < -0.3 is 25.2 Å². The SMILES string of the molecule is CCCCC[C@H](O)CC[C@@H]1[C@@H](CCC/C=C/C=C/OC(=O)CCC(=O)O)[C@@H](O)C[C@H]1O. The Kier molecular flexibility index (Phi) is 14.1. The van der Waals surface area contributed by atoms with E-state index in [1.54, 1.807) is 12.2 Å². The number of carbonyl (C=O) groups excluding carboxylic acids is 1. The number of aliphatic hydroxyl groups excluding tert-OH is 3. The molecule has 0 heterocycles. The van der Waals surface area contributed by atoms with Crippen molar-refractivity contribution < 1.29 is 34.8 Å². The standard InChI is InChI=1S/C24H40O7/c1-2-3-7-10-18(25)12-13-20-19(21(26)17-22(20)27)11-8-5-4-6-9-16-31-24(30)15-14-23(28)29/h4,6,9,16,18-22,25-27H,2-3,5,7-8,10-15,17H2,1H3,(H,28,29)/b6-4+,16-9+/t18-,19+,20+,21-,22+/m0/s1. The highest BCUT2D eigenvalue weighted by atomic mass is 16.5. The zero-order valence-electron chi connectivity index (χ0n) is 18.7. The first-order valence-corrected chi connectivity index (χ1v) is 11.6. The van der Waals surface area contributed by atoms with E-state index < -0.39 is 24.1 Å². The third-order valence-corrected chi connectivity index (χ3v) is 5.97. The summed E-state index contributed by atoms with van der Waals surface area (Å²) in [6.07, 6.45) is 13.2. The smallest absolute Gasteiger partial charge is 0.311 e. The van der Waals surface area contributed by atoms with Crippen LogP contribution in [0, 0.1) is 11.8 Å². The van der Waals surface area contributed by atoms with Gasteiger partial charge in [0.15, 0.2) is 0 Å². The Balaban J connectivity index is 2.28. The van der Waals surface area contributed by atoms with E-state index in [2.05, 4.69) is 6.92 Å². The maximum Gasteiger partial charge on any atom is 0.311 e. The molecule has 0 aromatic carbocycles. The van der Waals surface area contributed by atoms with E-state index in [1.165, 1.54) is 6.26 Å². The number of esters is 1. The van der Waals surface area contributed by atoms with Gasteiger partial charge in [-0.05, 0) is 62.9 Å². The first-order chi connectivity index (χ1) is 14.8. The number of allylic oxidation sites excluding steroid dienone is 3. The highest BCUT2D eigenvalue weighted by molar-refractivity contribution is 5.76. The summed E-state index contributed by atoms with van der Waals surface area (Å²) in [5.74, 6) is -1.53. The van der Waals surface area contributed by atoms with Gasteiger partial charge in [-0.1, -0.05) is 38.3 Å². The number of carboxylic acids is 1. The fourth-order valence-corrected chi connectivity index (χ4v) is 4.21. The first-order valence-electron chi connectivity index (χ1n) is 11.6. The number of ether oxygens (including phenoxy) is 1. The molecule has 7 nitrogen and oxygen atoms in total. The van der Waals surface area contributed by atoms with Gasteiger partial charge in [0.05, 0.1) is 37.4 Å². The summed E-state index contributed by atoms with van der Waals surface area (Å²) < 4.78 is 4.78. The second-order valence-corrected chi connectivity index (χ2v) is 8.50. The fourth-order valence-electron chi connectivity index (χ4n) is 4.21. The molecule has 5 atom stereocenters. The lowest BCUT2D eigenvalue weighted by atomic mass is 9.84. The molecular weight excluding hydrogens is 400 g/mol. The van der Waals surface area contributed by atoms with Crippen LogP contribution in [0.15, 0.2) is 24.5 Å². The van der Waals surface area contributed by atoms with Crippen LogP contribution >= 0.6 is 0 Å². The Morgan fingerprint density at radius 1 is 1.00 bits per heavy atom. The van der Waals surface area contributed by atoms with Crippen molar-refractivity contribution in [3.05, 3.63) is 24.5 Å². The van der Waals surface area contributed by atoms with E-state index in [0.29, 0.717) is 12.8 Å². The van der Waals surface area contributed by atoms with Crippen molar-refractivity contribution in [2.24, 2.45) is 11.8 Å². The van der Waals surface area contributed by atoms with Crippen LogP contribution in [0.4, 0.5) is 0 Å². The van der Waals surface area contributed by atoms with Crippen LogP contribution < -0.4 is 0 Å². The quantitative estimate of drug-likeness (QED) is 0.125. The molecule has 0 saturated heterocycles. The lowest BCUT2D eigenvalue weighted by Crippen LogP contribution is -2.23. The molecule has 0 bridgehead atoms. The number of aliphatic carboxylic acids is 1. The third kappa shape index (κ3) is 12.1. The van der Waals surface area contributed by atoms with Crippen LogP contribution in [0.25, 0.3) is 0 Å². The number of hydrogen-bond acceptors (Lipinski definition) is 6. The highest BCUT2D eigenvalue weighted by Gasteiger charge is 2.40. The molecule has 0 amide bonds. The fraction of sp³-hybridized carbons (Fsp3) is 0.750. The van der Waals surface area contributed by atoms with Crippen molar-refractivity contribution in [3.63, 3.8) is 0 Å². The zero-order valence-corrected chi connectivity index (χ0v) is 18.7. The molecule has 1 rings (SSSR count). The minimum absolute atomic E-state index is 0.0323. The van der Waals surface area contributed by atoms with Crippen molar-refractivity contribution in [1.82, 2.24) is 0 Å². The minimum atomic E-state index is -1.04. The van der Waals surface area contributed by atoms with Crippen molar-refractivity contribution in [1.29, 1.82) is 0 Å². The molecule has 31 heavy (non-hydrogen) atoms. The number of carboxylic acid groups (broad SMARTS) is 1. The Hall–Kier alpha value is -1.70. The number of rotatable bonds is 16. The van der Waals surface area contributed by atoms with Crippen molar-refractivity contribution >= 4 is 11.9 Å². The summed E-state index contributed by atoms with van der Waals surface area (Å²) in [7, 11) is 0. The highest BCUT2D eigenvalue weighted by Crippen LogP contribution is 2.39. The van der Waals surface area contributed by atoms with Crippen molar-refractivity contribution in [2.45, 2.75) is 102 Å². The molecule has 0 spiro atoms. The van der Waals surface area contributed by atoms with Gasteiger partial charge in [0.1, 0.15) is 0 Å². The number of carbonyl (C=O) groups is 2. The lowest BCUT2D eigenvalue weighted by Gasteiger charge is -2.24. The number of aliphatic hydroxyl groups is 3. The summed E-state index contributed by atoms with van der Waals surface area (Å²) >= 11 is 0. The monoisotopic (exact) mass is 440 g/mol. The predicted octanol–water partition coefficient (Wildman–Crippen LogP) is 3.71. The molecular formula is C24H40O7. The molecule has 1 aliphatic carbocycles. The molecule has 1 fully saturated rings. The van der Waals surface area contributed by atoms with Crippen LogP contribution in [-0.2, 0) is 14.3 Å². The molecule has 7 heteroatoms. The third-order valence-electron chi connectivity index (χ3n) is 5.97. The molecule has 178 valence electrons. The lowest BCUT2D eigenvalue weighted by molar-refractivity contribution is -0.144. The Morgan fingerprint density at radius 3 is 2.39 bits per heavy atom. The van der Waals surface area contributed by atoms with E-state index in [0.717, 1.165) is 51.4 Å². The van der Waals surface area contributed by atoms with Gasteiger partial charge in [-0.25, -0.2) is 0 Å². The van der Waals surface area contributed by atoms with Gasteiger partial charge in [-0.15, -0.1) is 0 Å². The van der Waals surface area contributed by atoms with E-state index in [9.17, 15) is 24.9 Å². The summed E-state index contributed by atoms with van der Waals surface area (Å²) in [5.41, 5.74) is 0. The van der Waals surface area contributed by atoms with E-state index in [-0.39, 0.29) is 30.8 Å². The maximum absolute atomic E-state index is 11.3. The van der Waals surface area contributed by atoms with Crippen LogP contribution in [0.3, 0.4) is 0 Å². The summed E-state index contributed by atoms with van der Waals surface area (Å²) in [4.78, 5) is 21.6. The molecule has 0 radical (unpaired) electrons. The average Bonchev–Trinajstić information content (AvgIpc) is 2.99. The second kappa shape index (κ2) is 16.0. The zero-order chi connectivity index (χ0) is 23.1. The molecule has 1 aliphatic rings. The van der Waals surface area contributed by atoms with Gasteiger partial charge in [0, 0.05) is 0 Å². The molecule has 0 unspecified atom stereocenters. The second-order valence-electron chi connectivity index (χ2n) is 8.50. The van der Waals surface area contributed by atoms with Crippen LogP contribution in [0.2, 0.25) is 0 Å². The molecule has 4 N–H and O–H groups in total. The minimum Gasteiger partial charge on any atom is -0.481 e. The largest absolute Gasteiger partial charge is 0.481 e. The summed E-state index contributed by atoms with van der Waals surface area (Å²) in [6, 6.07) is 0. The predicted molar refractivity (Wildman–Crippen MR) is 118 cm³/mol. The molecule has 0 aromatic heterocycles. The average molecular weight is 441 g/mol. The van der Waals surface area contributed by atoms with E-state index in [1.807, 2.05) is 6.08 Å². The maximum atomic E-state index is 11.3. The number of unbranched alkanes of at least 4 members (excludes halogenated alkanes) is 3. The van der Waals surface area contributed by atoms with E-state index in [4.69, 9.17) is 9.84 Å². The summed E-state index contributed by atoms with van der Waals surface area (Å²) in [6.45, 7) is 2.14. The van der Waals surface area contributed by atoms with Crippen molar-refractivity contribution in [2.75, 3.05) is 0 Å². The molecule has 0 aromatic rings. The van der Waals surface area contributed by atoms with Gasteiger partial charge in [0.25, 0.3) is 0 Å². The Labute approximate surface area is 185 Å². The normalized spacial score (nSPS) is 24.8. The van der Waals surface area contributed by atoms with Crippen molar-refractivity contribution in [3.8, 4) is 0 Å². The Morgan fingerprint density at radius 2 is 1.71 bits per heavy atom. The van der Waals surface area contributed by atoms with Crippen LogP contribution in [0.1, 0.15) is 84.0 Å². The van der Waals surface area contributed by atoms with Crippen LogP contribution in [0.5, 0.6) is 0 Å². The number of hydrogen-bond donors (Lipinski definition) is 4. The van der Waals surface area contributed by atoms with Gasteiger partial charge in [-0.2, -0.15) is 0 Å². The first kappa shape index (κ1) is 27.3. The van der Waals surface area contributed by atoms with E-state index >= 15 is 0 Å². The topological polar surface area (TPSA) is 124 Å². The Bertz CT molecular complexity index is 572. The van der Waals surface area contributed by atoms with Gasteiger partial charge >= 0.3 is 11.9 Å².